The molecule has 10 aromatic carbocycles. The predicted molar refractivity (Wildman–Crippen MR) is 277 cm³/mol. The summed E-state index contributed by atoms with van der Waals surface area (Å²) >= 11 is 0. The molecule has 0 bridgehead atoms. The van der Waals surface area contributed by atoms with Crippen molar-refractivity contribution in [3.8, 4) is 55.6 Å². The normalized spacial score (nSPS) is 14.0. The van der Waals surface area contributed by atoms with Crippen LogP contribution in [0.3, 0.4) is 0 Å². The Morgan fingerprint density at radius 3 is 1.47 bits per heavy atom. The highest BCUT2D eigenvalue weighted by Gasteiger charge is 2.38. The van der Waals surface area contributed by atoms with Crippen LogP contribution in [0.4, 0.5) is 17.1 Å². The predicted octanol–water partition coefficient (Wildman–Crippen LogP) is 17.8. The fraction of sp³-hybridized carbons (Fsp3) is 0.0938. The van der Waals surface area contributed by atoms with Crippen molar-refractivity contribution in [1.29, 1.82) is 0 Å². The monoisotopic (exact) mass is 845 g/mol. The molecular weight excluding hydrogens is 799 g/mol. The minimum Gasteiger partial charge on any atom is -0.455 e. The van der Waals surface area contributed by atoms with Crippen molar-refractivity contribution in [2.24, 2.45) is 0 Å². The Balaban J connectivity index is 0.929. The van der Waals surface area contributed by atoms with E-state index in [-0.39, 0.29) is 10.8 Å². The average Bonchev–Trinajstić information content (AvgIpc) is 3.93. The van der Waals surface area contributed by atoms with Crippen molar-refractivity contribution in [3.63, 3.8) is 0 Å². The minimum absolute atomic E-state index is 0.198. The highest BCUT2D eigenvalue weighted by Crippen LogP contribution is 2.54. The Morgan fingerprint density at radius 2 is 0.803 bits per heavy atom. The topological polar surface area (TPSA) is 16.4 Å². The Hall–Kier alpha value is -7.94. The second-order valence-electron chi connectivity index (χ2n) is 19.3. The molecular formula is C64H47NO. The van der Waals surface area contributed by atoms with Gasteiger partial charge in [-0.05, 0) is 144 Å². The molecule has 0 radical (unpaired) electrons. The number of nitrogens with zero attached hydrogens (tertiary/aromatic N) is 1. The van der Waals surface area contributed by atoms with Crippen molar-refractivity contribution in [3.05, 3.63) is 235 Å². The van der Waals surface area contributed by atoms with E-state index < -0.39 is 0 Å². The van der Waals surface area contributed by atoms with E-state index in [1.807, 2.05) is 6.07 Å². The molecule has 0 saturated heterocycles. The van der Waals surface area contributed by atoms with Crippen LogP contribution in [0.2, 0.25) is 0 Å². The lowest BCUT2D eigenvalue weighted by molar-refractivity contribution is 0.660. The first-order valence-electron chi connectivity index (χ1n) is 23.2. The third kappa shape index (κ3) is 5.81. The van der Waals surface area contributed by atoms with E-state index in [9.17, 15) is 0 Å². The Labute approximate surface area is 386 Å². The summed E-state index contributed by atoms with van der Waals surface area (Å²) in [5.41, 5.74) is 22.6. The minimum atomic E-state index is -0.216. The van der Waals surface area contributed by atoms with Crippen LogP contribution in [-0.4, -0.2) is 0 Å². The smallest absolute Gasteiger partial charge is 0.143 e. The summed E-state index contributed by atoms with van der Waals surface area (Å²) in [5.74, 6) is 0. The largest absolute Gasteiger partial charge is 0.455 e. The summed E-state index contributed by atoms with van der Waals surface area (Å²) in [6.45, 7) is 9.55. The number of para-hydroxylation sites is 2. The van der Waals surface area contributed by atoms with Crippen LogP contribution in [0.5, 0.6) is 0 Å². The SMILES string of the molecule is CC1(C)c2cc(-c3ccccc3)ccc2-c2ccc(N(c3ccc(-c4cccc5c4oc4ccccc45)cc3)c3ccc4c(c3)C(C)(C)c3cc(-c5ccc6ccccc6c5)ccc3-4)cc21. The van der Waals surface area contributed by atoms with Gasteiger partial charge >= 0.3 is 0 Å². The second-order valence-corrected chi connectivity index (χ2v) is 19.3. The van der Waals surface area contributed by atoms with Gasteiger partial charge in [0.1, 0.15) is 11.2 Å². The van der Waals surface area contributed by atoms with E-state index in [2.05, 4.69) is 239 Å². The molecule has 0 aliphatic heterocycles. The molecule has 0 amide bonds. The first-order valence-corrected chi connectivity index (χ1v) is 23.2. The number of hydrogen-bond donors (Lipinski definition) is 0. The van der Waals surface area contributed by atoms with Crippen molar-refractivity contribution in [2.45, 2.75) is 38.5 Å². The fourth-order valence-electron chi connectivity index (χ4n) is 11.3. The lowest BCUT2D eigenvalue weighted by atomic mass is 9.81. The van der Waals surface area contributed by atoms with Gasteiger partial charge in [0.05, 0.1) is 0 Å². The molecule has 0 atom stereocenters. The van der Waals surface area contributed by atoms with E-state index in [1.165, 1.54) is 77.5 Å². The van der Waals surface area contributed by atoms with Crippen molar-refractivity contribution < 1.29 is 4.42 Å². The number of anilines is 3. The zero-order valence-electron chi connectivity index (χ0n) is 37.6. The van der Waals surface area contributed by atoms with Crippen molar-refractivity contribution >= 4 is 49.8 Å². The first-order chi connectivity index (χ1) is 32.2. The molecule has 0 spiro atoms. The maximum absolute atomic E-state index is 6.50. The maximum atomic E-state index is 6.50. The third-order valence-electron chi connectivity index (χ3n) is 14.9. The van der Waals surface area contributed by atoms with E-state index >= 15 is 0 Å². The molecule has 0 N–H and O–H groups in total. The van der Waals surface area contributed by atoms with Gasteiger partial charge < -0.3 is 9.32 Å². The molecule has 0 saturated carbocycles. The van der Waals surface area contributed by atoms with E-state index in [4.69, 9.17) is 4.42 Å². The van der Waals surface area contributed by atoms with E-state index in [0.29, 0.717) is 0 Å². The summed E-state index contributed by atoms with van der Waals surface area (Å²) in [6, 6.07) is 78.4. The lowest BCUT2D eigenvalue weighted by Gasteiger charge is -2.30. The van der Waals surface area contributed by atoms with Gasteiger partial charge in [-0.1, -0.05) is 179 Å². The summed E-state index contributed by atoms with van der Waals surface area (Å²) in [5, 5.41) is 4.80. The molecule has 0 unspecified atom stereocenters. The lowest BCUT2D eigenvalue weighted by Crippen LogP contribution is -2.18. The van der Waals surface area contributed by atoms with Crippen LogP contribution in [0, 0.1) is 0 Å². The summed E-state index contributed by atoms with van der Waals surface area (Å²) in [7, 11) is 0. The standard InChI is InChI=1S/C64H47NO/c1-63(2)57-36-45(40-13-6-5-7-14-40)25-31-51(57)53-33-29-48(38-59(53)63)65(47-27-23-42(24-28-47)50-18-12-19-56-55-17-10-11-20-61(55)66-62(50)56)49-30-34-54-52-32-26-46(37-58(52)64(3,4)60(54)39-49)44-22-21-41-15-8-9-16-43(41)35-44/h5-39H,1-4H3. The molecule has 13 rings (SSSR count). The Bertz CT molecular complexity index is 3760. The van der Waals surface area contributed by atoms with Crippen LogP contribution in [0.1, 0.15) is 49.9 Å². The fourth-order valence-corrected chi connectivity index (χ4v) is 11.3. The van der Waals surface area contributed by atoms with Gasteiger partial charge in [-0.15, -0.1) is 0 Å². The summed E-state index contributed by atoms with van der Waals surface area (Å²) < 4.78 is 6.50. The second kappa shape index (κ2) is 14.3. The van der Waals surface area contributed by atoms with Crippen LogP contribution < -0.4 is 4.90 Å². The molecule has 2 aliphatic carbocycles. The van der Waals surface area contributed by atoms with Crippen molar-refractivity contribution in [2.75, 3.05) is 4.90 Å². The van der Waals surface area contributed by atoms with Crippen LogP contribution in [-0.2, 0) is 10.8 Å². The summed E-state index contributed by atoms with van der Waals surface area (Å²) in [6.07, 6.45) is 0. The molecule has 1 aromatic heterocycles. The zero-order chi connectivity index (χ0) is 44.3. The Kier molecular flexibility index (Phi) is 8.33. The Morgan fingerprint density at radius 1 is 0.318 bits per heavy atom. The van der Waals surface area contributed by atoms with Crippen molar-refractivity contribution in [1.82, 2.24) is 0 Å². The molecule has 0 fully saturated rings. The maximum Gasteiger partial charge on any atom is 0.143 e. The van der Waals surface area contributed by atoms with Gasteiger partial charge in [0.2, 0.25) is 0 Å². The number of furan rings is 1. The molecule has 2 aliphatic rings. The number of benzene rings is 10. The third-order valence-corrected chi connectivity index (χ3v) is 14.9. The van der Waals surface area contributed by atoms with Crippen LogP contribution in [0.25, 0.3) is 88.3 Å². The van der Waals surface area contributed by atoms with Gasteiger partial charge in [0, 0.05) is 44.2 Å². The van der Waals surface area contributed by atoms with E-state index in [1.54, 1.807) is 0 Å². The first kappa shape index (κ1) is 38.5. The molecule has 66 heavy (non-hydrogen) atoms. The van der Waals surface area contributed by atoms with Gasteiger partial charge in [0.15, 0.2) is 0 Å². The molecule has 11 aromatic rings. The number of fused-ring (bicyclic) bond motifs is 10. The molecule has 2 heteroatoms. The molecule has 314 valence electrons. The number of rotatable bonds is 6. The number of hydrogen-bond acceptors (Lipinski definition) is 2. The van der Waals surface area contributed by atoms with E-state index in [0.717, 1.165) is 50.1 Å². The van der Waals surface area contributed by atoms with Gasteiger partial charge in [-0.2, -0.15) is 0 Å². The highest BCUT2D eigenvalue weighted by molar-refractivity contribution is 6.09. The zero-order valence-corrected chi connectivity index (χ0v) is 37.6. The van der Waals surface area contributed by atoms with Gasteiger partial charge in [0.25, 0.3) is 0 Å². The summed E-state index contributed by atoms with van der Waals surface area (Å²) in [4.78, 5) is 2.46. The molecule has 1 heterocycles. The highest BCUT2D eigenvalue weighted by atomic mass is 16.3. The van der Waals surface area contributed by atoms with Crippen LogP contribution >= 0.6 is 0 Å². The van der Waals surface area contributed by atoms with Gasteiger partial charge in [-0.3, -0.25) is 0 Å². The quantitative estimate of drug-likeness (QED) is 0.166. The average molecular weight is 846 g/mol. The van der Waals surface area contributed by atoms with Crippen LogP contribution in [0.15, 0.2) is 217 Å². The molecule has 2 nitrogen and oxygen atoms in total. The van der Waals surface area contributed by atoms with Gasteiger partial charge in [-0.25, -0.2) is 0 Å².